The summed E-state index contributed by atoms with van der Waals surface area (Å²) < 4.78 is 24.8. The summed E-state index contributed by atoms with van der Waals surface area (Å²) in [6.07, 6.45) is 0. The first-order valence-corrected chi connectivity index (χ1v) is 10.6. The molecule has 0 aromatic heterocycles. The number of hydrogen-bond acceptors (Lipinski definition) is 3. The van der Waals surface area contributed by atoms with E-state index >= 15 is 0 Å². The smallest absolute Gasteiger partial charge is 0.288 e. The van der Waals surface area contributed by atoms with Crippen LogP contribution in [-0.4, -0.2) is 38.0 Å². The van der Waals surface area contributed by atoms with Crippen LogP contribution in [0.2, 0.25) is 0 Å². The molecule has 0 N–H and O–H groups in total. The Morgan fingerprint density at radius 2 is 1.35 bits per heavy atom. The van der Waals surface area contributed by atoms with Gasteiger partial charge in [0.05, 0.1) is 23.6 Å². The Labute approximate surface area is 154 Å². The van der Waals surface area contributed by atoms with Crippen LogP contribution in [0.3, 0.4) is 0 Å². The number of para-hydroxylation sites is 1. The number of benzene rings is 2. The van der Waals surface area contributed by atoms with E-state index in [1.54, 1.807) is 9.80 Å². The van der Waals surface area contributed by atoms with Crippen molar-refractivity contribution in [3.63, 3.8) is 0 Å². The molecule has 0 unspecified atom stereocenters. The predicted octanol–water partition coefficient (Wildman–Crippen LogP) is 3.22. The molecular formula is C20H22N2O3S. The highest BCUT2D eigenvalue weighted by molar-refractivity contribution is 7.91. The lowest BCUT2D eigenvalue weighted by Crippen LogP contribution is -2.38. The van der Waals surface area contributed by atoms with E-state index in [9.17, 15) is 13.2 Å². The molecule has 0 bridgehead atoms. The van der Waals surface area contributed by atoms with Gasteiger partial charge in [-0.2, -0.15) is 0 Å². The topological polar surface area (TPSA) is 57.7 Å². The second-order valence-electron chi connectivity index (χ2n) is 7.24. The van der Waals surface area contributed by atoms with Crippen molar-refractivity contribution < 1.29 is 13.2 Å². The fourth-order valence-corrected chi connectivity index (χ4v) is 6.02. The lowest BCUT2D eigenvalue weighted by Gasteiger charge is -2.25. The highest BCUT2D eigenvalue weighted by atomic mass is 32.2. The fraction of sp³-hybridized carbons (Fsp3) is 0.350. The molecule has 136 valence electrons. The van der Waals surface area contributed by atoms with Gasteiger partial charge in [0.1, 0.15) is 0 Å². The van der Waals surface area contributed by atoms with Crippen molar-refractivity contribution in [3.05, 3.63) is 59.2 Å². The molecule has 4 rings (SSSR count). The average Bonchev–Trinajstić information content (AvgIpc) is 3.00. The molecule has 2 heterocycles. The minimum absolute atomic E-state index is 0.0130. The van der Waals surface area contributed by atoms with Crippen LogP contribution in [0.15, 0.2) is 42.5 Å². The van der Waals surface area contributed by atoms with Crippen LogP contribution in [0.5, 0.6) is 0 Å². The summed E-state index contributed by atoms with van der Waals surface area (Å²) in [5.74, 6) is 0.0261. The molecule has 26 heavy (non-hydrogen) atoms. The van der Waals surface area contributed by atoms with Gasteiger partial charge in [-0.25, -0.2) is 13.2 Å². The highest BCUT2D eigenvalue weighted by Gasteiger charge is 2.54. The molecule has 2 aromatic rings. The minimum atomic E-state index is -3.18. The Morgan fingerprint density at radius 3 is 2.00 bits per heavy atom. The largest absolute Gasteiger partial charge is 0.329 e. The van der Waals surface area contributed by atoms with Crippen molar-refractivity contribution in [2.75, 3.05) is 21.3 Å². The average molecular weight is 370 g/mol. The van der Waals surface area contributed by atoms with E-state index in [1.807, 2.05) is 63.2 Å². The van der Waals surface area contributed by atoms with Gasteiger partial charge < -0.3 is 0 Å². The molecular weight excluding hydrogens is 348 g/mol. The Balaban J connectivity index is 1.87. The van der Waals surface area contributed by atoms with Crippen molar-refractivity contribution in [2.45, 2.75) is 32.9 Å². The summed E-state index contributed by atoms with van der Waals surface area (Å²) in [7, 11) is -3.18. The maximum Gasteiger partial charge on any atom is 0.329 e. The summed E-state index contributed by atoms with van der Waals surface area (Å²) in [5, 5.41) is 0. The van der Waals surface area contributed by atoms with Gasteiger partial charge in [-0.15, -0.1) is 0 Å². The zero-order chi connectivity index (χ0) is 18.6. The van der Waals surface area contributed by atoms with Crippen molar-refractivity contribution in [3.8, 4) is 0 Å². The van der Waals surface area contributed by atoms with Crippen molar-refractivity contribution >= 4 is 27.2 Å². The Morgan fingerprint density at radius 1 is 0.808 bits per heavy atom. The van der Waals surface area contributed by atoms with Crippen LogP contribution in [0.25, 0.3) is 0 Å². The van der Waals surface area contributed by atoms with Crippen LogP contribution in [-0.2, 0) is 9.84 Å². The molecule has 2 aliphatic rings. The lowest BCUT2D eigenvalue weighted by atomic mass is 10.1. The molecule has 0 aliphatic carbocycles. The summed E-state index contributed by atoms with van der Waals surface area (Å²) >= 11 is 0. The third-order valence-electron chi connectivity index (χ3n) is 5.58. The molecule has 5 nitrogen and oxygen atoms in total. The van der Waals surface area contributed by atoms with Gasteiger partial charge >= 0.3 is 6.03 Å². The number of urea groups is 1. The summed E-state index contributed by atoms with van der Waals surface area (Å²) in [6.45, 7) is 5.93. The molecule has 2 aliphatic heterocycles. The molecule has 2 aromatic carbocycles. The van der Waals surface area contributed by atoms with Crippen molar-refractivity contribution in [1.82, 2.24) is 0 Å². The number of sulfone groups is 1. The van der Waals surface area contributed by atoms with Crippen LogP contribution in [0.4, 0.5) is 16.2 Å². The van der Waals surface area contributed by atoms with Gasteiger partial charge in [-0.3, -0.25) is 9.80 Å². The normalized spacial score (nSPS) is 24.2. The first-order valence-electron chi connectivity index (χ1n) is 8.75. The van der Waals surface area contributed by atoms with Crippen LogP contribution >= 0.6 is 0 Å². The van der Waals surface area contributed by atoms with Gasteiger partial charge in [0.25, 0.3) is 0 Å². The van der Waals surface area contributed by atoms with E-state index in [0.717, 1.165) is 28.1 Å². The molecule has 0 radical (unpaired) electrons. The van der Waals surface area contributed by atoms with E-state index in [4.69, 9.17) is 0 Å². The molecule has 2 saturated heterocycles. The minimum Gasteiger partial charge on any atom is -0.288 e. The van der Waals surface area contributed by atoms with E-state index in [-0.39, 0.29) is 29.6 Å². The molecule has 0 saturated carbocycles. The molecule has 0 spiro atoms. The standard InChI is InChI=1S/C20H22N2O3S/c1-13-8-6-10-17(15(13)3)22-19-12-26(24,25)11-18(19)21(20(22)23)16-9-5-4-7-14(16)2/h4-10,18-19H,11-12H2,1-3H3/t18-,19-/m0/s1. The Kier molecular flexibility index (Phi) is 3.84. The van der Waals surface area contributed by atoms with E-state index in [2.05, 4.69) is 0 Å². The first kappa shape index (κ1) is 17.1. The van der Waals surface area contributed by atoms with Crippen LogP contribution in [0.1, 0.15) is 16.7 Å². The van der Waals surface area contributed by atoms with Gasteiger partial charge in [0.2, 0.25) is 0 Å². The van der Waals surface area contributed by atoms with Gasteiger partial charge in [-0.05, 0) is 49.6 Å². The number of rotatable bonds is 2. The summed E-state index contributed by atoms with van der Waals surface area (Å²) in [5.41, 5.74) is 4.65. The van der Waals surface area contributed by atoms with Gasteiger partial charge in [-0.1, -0.05) is 30.3 Å². The molecule has 2 fully saturated rings. The summed E-state index contributed by atoms with van der Waals surface area (Å²) in [6, 6.07) is 12.6. The second kappa shape index (κ2) is 5.84. The summed E-state index contributed by atoms with van der Waals surface area (Å²) in [4.78, 5) is 16.8. The number of hydrogen-bond donors (Lipinski definition) is 0. The number of amides is 2. The first-order chi connectivity index (χ1) is 12.3. The fourth-order valence-electron chi connectivity index (χ4n) is 4.10. The third-order valence-corrected chi connectivity index (χ3v) is 7.28. The van der Waals surface area contributed by atoms with Crippen molar-refractivity contribution in [2.24, 2.45) is 0 Å². The van der Waals surface area contributed by atoms with E-state index < -0.39 is 9.84 Å². The van der Waals surface area contributed by atoms with E-state index in [0.29, 0.717) is 0 Å². The van der Waals surface area contributed by atoms with E-state index in [1.165, 1.54) is 0 Å². The number of fused-ring (bicyclic) bond motifs is 1. The quantitative estimate of drug-likeness (QED) is 0.763. The Hall–Kier alpha value is -2.34. The number of anilines is 2. The maximum atomic E-state index is 13.4. The Bertz CT molecular complexity index is 1000. The van der Waals surface area contributed by atoms with Crippen molar-refractivity contribution in [1.29, 1.82) is 0 Å². The number of aryl methyl sites for hydroxylation is 2. The molecule has 2 atom stereocenters. The lowest BCUT2D eigenvalue weighted by molar-refractivity contribution is 0.255. The van der Waals surface area contributed by atoms with Gasteiger partial charge in [0.15, 0.2) is 9.84 Å². The zero-order valence-corrected chi connectivity index (χ0v) is 16.0. The maximum absolute atomic E-state index is 13.4. The molecule has 2 amide bonds. The SMILES string of the molecule is Cc1ccccc1N1C(=O)N(c2cccc(C)c2C)[C@H]2CS(=O)(=O)C[C@@H]21. The predicted molar refractivity (Wildman–Crippen MR) is 104 cm³/mol. The zero-order valence-electron chi connectivity index (χ0n) is 15.1. The third kappa shape index (κ3) is 2.51. The second-order valence-corrected chi connectivity index (χ2v) is 9.39. The number of nitrogens with zero attached hydrogens (tertiary/aromatic N) is 2. The van der Waals surface area contributed by atoms with Crippen LogP contribution < -0.4 is 9.80 Å². The van der Waals surface area contributed by atoms with Crippen LogP contribution in [0, 0.1) is 20.8 Å². The van der Waals surface area contributed by atoms with Gasteiger partial charge in [0, 0.05) is 11.4 Å². The number of carbonyl (C=O) groups is 1. The number of carbonyl (C=O) groups excluding carboxylic acids is 1. The monoisotopic (exact) mass is 370 g/mol. The molecule has 6 heteroatoms. The highest BCUT2D eigenvalue weighted by Crippen LogP contribution is 2.40.